The van der Waals surface area contributed by atoms with Gasteiger partial charge in [0.05, 0.1) is 7.11 Å². The van der Waals surface area contributed by atoms with E-state index in [4.69, 9.17) is 10.1 Å². The molecule has 1 rings (SSSR count). The third kappa shape index (κ3) is 5.26. The number of ether oxygens (including phenoxy) is 1. The van der Waals surface area contributed by atoms with Crippen molar-refractivity contribution in [2.75, 3.05) is 45.7 Å². The minimum absolute atomic E-state index is 0.272. The molecule has 5 nitrogen and oxygen atoms in total. The van der Waals surface area contributed by atoms with Gasteiger partial charge in [0.2, 0.25) is 0 Å². The van der Waals surface area contributed by atoms with Crippen LogP contribution in [0.4, 0.5) is 5.82 Å². The molecule has 5 heteroatoms. The van der Waals surface area contributed by atoms with Crippen LogP contribution in [0.2, 0.25) is 0 Å². The first-order valence-electron chi connectivity index (χ1n) is 6.52. The van der Waals surface area contributed by atoms with Gasteiger partial charge in [-0.05, 0) is 38.7 Å². The van der Waals surface area contributed by atoms with E-state index in [1.54, 1.807) is 6.20 Å². The second kappa shape index (κ2) is 7.74. The van der Waals surface area contributed by atoms with E-state index in [0.717, 1.165) is 31.0 Å². The summed E-state index contributed by atoms with van der Waals surface area (Å²) in [6.07, 6.45) is 2.31. The number of methoxy groups -OCH3 is 1. The second-order valence-electron chi connectivity index (χ2n) is 4.71. The first-order valence-corrected chi connectivity index (χ1v) is 6.52. The maximum Gasteiger partial charge on any atom is 0.184 e. The summed E-state index contributed by atoms with van der Waals surface area (Å²) in [5, 5.41) is 7.57. The molecular weight excluding hydrogens is 240 g/mol. The number of nitrogens with zero attached hydrogens (tertiary/aromatic N) is 3. The number of aromatic nitrogens is 1. The Morgan fingerprint density at radius 1 is 1.37 bits per heavy atom. The molecule has 106 valence electrons. The number of likely N-dealkylation sites (N-methyl/N-ethyl adjacent to an activating group) is 2. The van der Waals surface area contributed by atoms with Crippen LogP contribution < -0.4 is 4.90 Å². The molecule has 1 aromatic rings. The Morgan fingerprint density at radius 3 is 2.68 bits per heavy atom. The van der Waals surface area contributed by atoms with Crippen molar-refractivity contribution in [3.8, 4) is 0 Å². The lowest BCUT2D eigenvalue weighted by Gasteiger charge is -2.24. The highest BCUT2D eigenvalue weighted by Crippen LogP contribution is 2.13. The molecule has 19 heavy (non-hydrogen) atoms. The highest BCUT2D eigenvalue weighted by atomic mass is 16.5. The van der Waals surface area contributed by atoms with E-state index in [-0.39, 0.29) is 5.90 Å². The monoisotopic (exact) mass is 264 g/mol. The second-order valence-corrected chi connectivity index (χ2v) is 4.71. The number of rotatable bonds is 7. The zero-order chi connectivity index (χ0) is 14.3. The van der Waals surface area contributed by atoms with Gasteiger partial charge in [0, 0.05) is 32.3 Å². The van der Waals surface area contributed by atoms with Crippen LogP contribution >= 0.6 is 0 Å². The molecule has 0 bridgehead atoms. The molecule has 1 aromatic heterocycles. The smallest absolute Gasteiger partial charge is 0.184 e. The van der Waals surface area contributed by atoms with Crippen LogP contribution in [0.1, 0.15) is 12.5 Å². The van der Waals surface area contributed by atoms with Crippen LogP contribution in [-0.4, -0.2) is 56.6 Å². The fourth-order valence-corrected chi connectivity index (χ4v) is 1.76. The van der Waals surface area contributed by atoms with Crippen LogP contribution in [0.25, 0.3) is 0 Å². The van der Waals surface area contributed by atoms with Crippen LogP contribution in [0.3, 0.4) is 0 Å². The molecule has 0 fully saturated rings. The minimum atomic E-state index is 0.272. The van der Waals surface area contributed by atoms with E-state index < -0.39 is 0 Å². The quantitative estimate of drug-likeness (QED) is 0.601. The van der Waals surface area contributed by atoms with E-state index in [2.05, 4.69) is 35.8 Å². The summed E-state index contributed by atoms with van der Waals surface area (Å²) >= 11 is 0. The van der Waals surface area contributed by atoms with E-state index in [9.17, 15) is 0 Å². The number of pyridine rings is 1. The van der Waals surface area contributed by atoms with Crippen LogP contribution in [-0.2, 0) is 11.2 Å². The van der Waals surface area contributed by atoms with Crippen molar-refractivity contribution in [1.82, 2.24) is 9.88 Å². The number of anilines is 1. The van der Waals surface area contributed by atoms with Gasteiger partial charge in [0.1, 0.15) is 5.82 Å². The van der Waals surface area contributed by atoms with Gasteiger partial charge in [-0.1, -0.05) is 0 Å². The van der Waals surface area contributed by atoms with Gasteiger partial charge in [0.25, 0.3) is 0 Å². The van der Waals surface area contributed by atoms with E-state index >= 15 is 0 Å². The van der Waals surface area contributed by atoms with Crippen LogP contribution in [0.15, 0.2) is 18.3 Å². The zero-order valence-corrected chi connectivity index (χ0v) is 12.3. The first-order chi connectivity index (χ1) is 9.06. The van der Waals surface area contributed by atoms with Gasteiger partial charge in [-0.2, -0.15) is 0 Å². The molecule has 0 saturated carbocycles. The predicted octanol–water partition coefficient (Wildman–Crippen LogP) is 1.64. The van der Waals surface area contributed by atoms with Gasteiger partial charge in [-0.3, -0.25) is 5.41 Å². The van der Waals surface area contributed by atoms with Crippen molar-refractivity contribution < 1.29 is 4.74 Å². The number of hydrogen-bond donors (Lipinski definition) is 1. The Balaban J connectivity index is 2.75. The average Bonchev–Trinajstić information content (AvgIpc) is 2.39. The van der Waals surface area contributed by atoms with Crippen LogP contribution in [0, 0.1) is 5.41 Å². The van der Waals surface area contributed by atoms with Gasteiger partial charge < -0.3 is 14.5 Å². The minimum Gasteiger partial charge on any atom is -0.484 e. The maximum atomic E-state index is 7.57. The van der Waals surface area contributed by atoms with Gasteiger partial charge in [-0.15, -0.1) is 0 Å². The van der Waals surface area contributed by atoms with Crippen molar-refractivity contribution in [3.05, 3.63) is 23.9 Å². The topological polar surface area (TPSA) is 52.5 Å². The molecule has 1 heterocycles. The molecule has 0 radical (unpaired) electrons. The van der Waals surface area contributed by atoms with Crippen molar-refractivity contribution in [1.29, 1.82) is 5.41 Å². The Bertz CT molecular complexity index is 406. The molecular formula is C14H24N4O. The van der Waals surface area contributed by atoms with Gasteiger partial charge >= 0.3 is 0 Å². The largest absolute Gasteiger partial charge is 0.484 e. The SMILES string of the molecule is CCN(CCN(C)C)c1cc(CC(=N)OC)ccn1. The fourth-order valence-electron chi connectivity index (χ4n) is 1.76. The summed E-state index contributed by atoms with van der Waals surface area (Å²) in [7, 11) is 5.66. The Hall–Kier alpha value is -1.62. The molecule has 0 saturated heterocycles. The third-order valence-corrected chi connectivity index (χ3v) is 2.94. The predicted molar refractivity (Wildman–Crippen MR) is 79.1 cm³/mol. The lowest BCUT2D eigenvalue weighted by molar-refractivity contribution is 0.390. The molecule has 0 spiro atoms. The average molecular weight is 264 g/mol. The summed E-state index contributed by atoms with van der Waals surface area (Å²) in [4.78, 5) is 8.81. The van der Waals surface area contributed by atoms with E-state index in [0.29, 0.717) is 6.42 Å². The van der Waals surface area contributed by atoms with Crippen LogP contribution in [0.5, 0.6) is 0 Å². The molecule has 0 aromatic carbocycles. The highest BCUT2D eigenvalue weighted by molar-refractivity contribution is 5.75. The summed E-state index contributed by atoms with van der Waals surface area (Å²) in [6.45, 7) is 4.99. The molecule has 1 N–H and O–H groups in total. The summed E-state index contributed by atoms with van der Waals surface area (Å²) < 4.78 is 4.90. The van der Waals surface area contributed by atoms with Gasteiger partial charge in [-0.25, -0.2) is 4.98 Å². The fraction of sp³-hybridized carbons (Fsp3) is 0.571. The Morgan fingerprint density at radius 2 is 2.11 bits per heavy atom. The Labute approximate surface area is 115 Å². The normalized spacial score (nSPS) is 10.6. The molecule has 0 unspecified atom stereocenters. The van der Waals surface area contributed by atoms with Crippen molar-refractivity contribution in [2.45, 2.75) is 13.3 Å². The first kappa shape index (κ1) is 15.4. The molecule has 0 aliphatic heterocycles. The summed E-state index contributed by atoms with van der Waals surface area (Å²) in [5.74, 6) is 1.24. The standard InChI is InChI=1S/C14H24N4O/c1-5-18(9-8-17(2)3)14-11-12(6-7-16-14)10-13(15)19-4/h6-7,11,15H,5,8-10H2,1-4H3. The zero-order valence-electron chi connectivity index (χ0n) is 12.3. The lowest BCUT2D eigenvalue weighted by Crippen LogP contribution is -2.32. The molecule has 0 aliphatic carbocycles. The van der Waals surface area contributed by atoms with Gasteiger partial charge in [0.15, 0.2) is 5.90 Å². The van der Waals surface area contributed by atoms with Crippen molar-refractivity contribution in [3.63, 3.8) is 0 Å². The van der Waals surface area contributed by atoms with Crippen molar-refractivity contribution in [2.24, 2.45) is 0 Å². The highest BCUT2D eigenvalue weighted by Gasteiger charge is 2.08. The summed E-state index contributed by atoms with van der Waals surface area (Å²) in [5.41, 5.74) is 1.06. The molecule has 0 atom stereocenters. The van der Waals surface area contributed by atoms with Crippen molar-refractivity contribution >= 4 is 11.7 Å². The third-order valence-electron chi connectivity index (χ3n) is 2.94. The maximum absolute atomic E-state index is 7.57. The lowest BCUT2D eigenvalue weighted by atomic mass is 10.2. The number of hydrogen-bond acceptors (Lipinski definition) is 5. The molecule has 0 aliphatic rings. The number of nitrogens with one attached hydrogen (secondary N) is 1. The summed E-state index contributed by atoms with van der Waals surface area (Å²) in [6, 6.07) is 3.96. The Kier molecular flexibility index (Phi) is 6.29. The van der Waals surface area contributed by atoms with E-state index in [1.165, 1.54) is 7.11 Å². The molecule has 0 amide bonds. The van der Waals surface area contributed by atoms with E-state index in [1.807, 2.05) is 12.1 Å².